The summed E-state index contributed by atoms with van der Waals surface area (Å²) >= 11 is 0. The average molecular weight is 233 g/mol. The van der Waals surface area contributed by atoms with Crippen LogP contribution in [-0.4, -0.2) is 27.8 Å². The Kier molecular flexibility index (Phi) is 8.33. The fraction of sp³-hybridized carbons (Fsp3) is 1.00. The van der Waals surface area contributed by atoms with E-state index in [1.807, 2.05) is 6.92 Å². The predicted molar refractivity (Wildman–Crippen MR) is 67.2 cm³/mol. The molecule has 0 heterocycles. The van der Waals surface area contributed by atoms with Gasteiger partial charge in [0.25, 0.3) is 0 Å². The zero-order valence-electron chi connectivity index (χ0n) is 10.7. The summed E-state index contributed by atoms with van der Waals surface area (Å²) in [7, 11) is -1.93. The lowest BCUT2D eigenvalue weighted by Gasteiger charge is -2.27. The van der Waals surface area contributed by atoms with Gasteiger partial charge in [0.05, 0.1) is 0 Å². The van der Waals surface area contributed by atoms with Gasteiger partial charge in [0.15, 0.2) is 0 Å². The zero-order valence-corrected chi connectivity index (χ0v) is 11.7. The second-order valence-corrected chi connectivity index (χ2v) is 7.69. The van der Waals surface area contributed by atoms with Crippen molar-refractivity contribution in [3.8, 4) is 0 Å². The molecule has 0 aliphatic rings. The Hall–Kier alpha value is 0.0969. The summed E-state index contributed by atoms with van der Waals surface area (Å²) < 4.78 is 11.8. The van der Waals surface area contributed by atoms with E-state index in [-0.39, 0.29) is 6.04 Å². The Balaban J connectivity index is 4.01. The van der Waals surface area contributed by atoms with Crippen molar-refractivity contribution in [2.45, 2.75) is 58.7 Å². The molecule has 92 valence electrons. The molecule has 0 aromatic rings. The normalized spacial score (nSPS) is 14.2. The molecule has 0 aromatic carbocycles. The van der Waals surface area contributed by atoms with Crippen molar-refractivity contribution in [1.82, 2.24) is 0 Å². The van der Waals surface area contributed by atoms with Crippen LogP contribution < -0.4 is 5.73 Å². The minimum Gasteiger partial charge on any atom is -0.394 e. The van der Waals surface area contributed by atoms with E-state index < -0.39 is 8.56 Å². The van der Waals surface area contributed by atoms with Crippen LogP contribution in [0.3, 0.4) is 0 Å². The van der Waals surface area contributed by atoms with E-state index in [1.54, 1.807) is 0 Å². The van der Waals surface area contributed by atoms with Crippen molar-refractivity contribution in [2.75, 3.05) is 13.2 Å². The van der Waals surface area contributed by atoms with Crippen LogP contribution in [0.25, 0.3) is 0 Å². The Bertz CT molecular complexity index is 146. The third kappa shape index (κ3) is 7.96. The van der Waals surface area contributed by atoms with E-state index in [0.29, 0.717) is 0 Å². The average Bonchev–Trinajstić information content (AvgIpc) is 2.21. The topological polar surface area (TPSA) is 44.5 Å². The fourth-order valence-electron chi connectivity index (χ4n) is 1.31. The quantitative estimate of drug-likeness (QED) is 0.623. The lowest BCUT2D eigenvalue weighted by Crippen LogP contribution is -2.40. The van der Waals surface area contributed by atoms with Crippen LogP contribution in [0.15, 0.2) is 0 Å². The summed E-state index contributed by atoms with van der Waals surface area (Å²) in [5.41, 5.74) is 5.77. The lowest BCUT2D eigenvalue weighted by molar-refractivity contribution is 0.172. The maximum absolute atomic E-state index is 5.89. The number of hydrogen-bond acceptors (Lipinski definition) is 3. The first-order chi connectivity index (χ1) is 7.04. The van der Waals surface area contributed by atoms with Crippen LogP contribution in [0, 0.1) is 0 Å². The molecular weight excluding hydrogens is 206 g/mol. The fourth-order valence-corrected chi connectivity index (χ4v) is 3.94. The summed E-state index contributed by atoms with van der Waals surface area (Å²) in [6.07, 6.45) is 3.10. The molecule has 0 spiro atoms. The molecule has 1 unspecified atom stereocenters. The number of nitrogens with two attached hydrogens (primary N) is 1. The van der Waals surface area contributed by atoms with E-state index in [2.05, 4.69) is 20.4 Å². The van der Waals surface area contributed by atoms with Gasteiger partial charge in [-0.25, -0.2) is 0 Å². The molecular formula is C11H27NO2Si. The number of rotatable bonds is 9. The Morgan fingerprint density at radius 3 is 1.93 bits per heavy atom. The van der Waals surface area contributed by atoms with Crippen molar-refractivity contribution in [1.29, 1.82) is 0 Å². The van der Waals surface area contributed by atoms with Gasteiger partial charge in [-0.1, -0.05) is 13.8 Å². The van der Waals surface area contributed by atoms with Crippen LogP contribution >= 0.6 is 0 Å². The van der Waals surface area contributed by atoms with Crippen LogP contribution in [0.2, 0.25) is 12.6 Å². The highest BCUT2D eigenvalue weighted by atomic mass is 28.4. The van der Waals surface area contributed by atoms with Gasteiger partial charge in [-0.3, -0.25) is 0 Å². The van der Waals surface area contributed by atoms with Crippen LogP contribution in [-0.2, 0) is 8.85 Å². The monoisotopic (exact) mass is 233 g/mol. The highest BCUT2D eigenvalue weighted by Gasteiger charge is 2.30. The summed E-state index contributed by atoms with van der Waals surface area (Å²) in [4.78, 5) is 0. The molecule has 0 saturated carbocycles. The van der Waals surface area contributed by atoms with E-state index >= 15 is 0 Å². The third-order valence-electron chi connectivity index (χ3n) is 2.28. The molecule has 0 aliphatic heterocycles. The minimum absolute atomic E-state index is 0.243. The molecule has 15 heavy (non-hydrogen) atoms. The van der Waals surface area contributed by atoms with E-state index in [0.717, 1.165) is 38.5 Å². The molecule has 0 saturated heterocycles. The molecule has 0 radical (unpaired) electrons. The standard InChI is InChI=1S/C11H27NO2Si/c1-5-8-13-15(4,14-9-6-2)10-7-11(3)12/h11H,5-10,12H2,1-4H3. The molecule has 0 fully saturated rings. The highest BCUT2D eigenvalue weighted by Crippen LogP contribution is 2.17. The van der Waals surface area contributed by atoms with Gasteiger partial charge in [-0.15, -0.1) is 0 Å². The van der Waals surface area contributed by atoms with Gasteiger partial charge in [-0.05, 0) is 38.8 Å². The molecule has 0 bridgehead atoms. The van der Waals surface area contributed by atoms with Gasteiger partial charge in [0.2, 0.25) is 0 Å². The van der Waals surface area contributed by atoms with Gasteiger partial charge in [-0.2, -0.15) is 0 Å². The molecule has 1 atom stereocenters. The van der Waals surface area contributed by atoms with Gasteiger partial charge < -0.3 is 14.6 Å². The van der Waals surface area contributed by atoms with Crippen molar-refractivity contribution in [3.05, 3.63) is 0 Å². The lowest BCUT2D eigenvalue weighted by atomic mass is 10.3. The third-order valence-corrected chi connectivity index (χ3v) is 5.10. The van der Waals surface area contributed by atoms with E-state index in [4.69, 9.17) is 14.6 Å². The summed E-state index contributed by atoms with van der Waals surface area (Å²) in [6, 6.07) is 1.25. The number of hydrogen-bond donors (Lipinski definition) is 1. The SMILES string of the molecule is CCCO[Si](C)(CCC(C)N)OCCC. The van der Waals surface area contributed by atoms with Crippen molar-refractivity contribution in [2.24, 2.45) is 5.73 Å². The van der Waals surface area contributed by atoms with E-state index in [1.165, 1.54) is 0 Å². The highest BCUT2D eigenvalue weighted by molar-refractivity contribution is 6.66. The van der Waals surface area contributed by atoms with Crippen LogP contribution in [0.5, 0.6) is 0 Å². The molecule has 0 aromatic heterocycles. The van der Waals surface area contributed by atoms with Crippen molar-refractivity contribution in [3.63, 3.8) is 0 Å². The van der Waals surface area contributed by atoms with Crippen molar-refractivity contribution < 1.29 is 8.85 Å². The smallest absolute Gasteiger partial charge is 0.334 e. The zero-order chi connectivity index (χ0) is 11.7. The predicted octanol–water partition coefficient (Wildman–Crippen LogP) is 2.65. The second-order valence-electron chi connectivity index (χ2n) is 4.35. The summed E-state index contributed by atoms with van der Waals surface area (Å²) in [6.45, 7) is 10.1. The first-order valence-electron chi connectivity index (χ1n) is 6.07. The van der Waals surface area contributed by atoms with Gasteiger partial charge in [0.1, 0.15) is 0 Å². The first-order valence-corrected chi connectivity index (χ1v) is 8.60. The van der Waals surface area contributed by atoms with Crippen molar-refractivity contribution >= 4 is 8.56 Å². The molecule has 0 aliphatic carbocycles. The largest absolute Gasteiger partial charge is 0.394 e. The molecule has 0 rings (SSSR count). The Morgan fingerprint density at radius 2 is 1.60 bits per heavy atom. The Labute approximate surface area is 95.6 Å². The second kappa shape index (κ2) is 8.27. The summed E-state index contributed by atoms with van der Waals surface area (Å²) in [5, 5.41) is 0. The minimum atomic E-state index is -1.93. The molecule has 4 heteroatoms. The molecule has 2 N–H and O–H groups in total. The maximum atomic E-state index is 5.89. The van der Waals surface area contributed by atoms with Crippen LogP contribution in [0.4, 0.5) is 0 Å². The van der Waals surface area contributed by atoms with Crippen LogP contribution in [0.1, 0.15) is 40.0 Å². The molecule has 3 nitrogen and oxygen atoms in total. The van der Waals surface area contributed by atoms with Gasteiger partial charge in [0, 0.05) is 19.3 Å². The maximum Gasteiger partial charge on any atom is 0.334 e. The summed E-state index contributed by atoms with van der Waals surface area (Å²) in [5.74, 6) is 0. The molecule has 0 amide bonds. The van der Waals surface area contributed by atoms with Gasteiger partial charge >= 0.3 is 8.56 Å². The van der Waals surface area contributed by atoms with E-state index in [9.17, 15) is 0 Å². The first kappa shape index (κ1) is 15.1. The Morgan fingerprint density at radius 1 is 1.13 bits per heavy atom.